The van der Waals surface area contributed by atoms with Crippen molar-refractivity contribution in [3.8, 4) is 0 Å². The molecule has 45 heavy (non-hydrogen) atoms. The molecular formula is C32H43BrN8O4. The fourth-order valence-corrected chi connectivity index (χ4v) is 7.93. The topological polar surface area (TPSA) is 123 Å². The Bertz CT molecular complexity index is 1470. The molecule has 4 saturated heterocycles. The summed E-state index contributed by atoms with van der Waals surface area (Å²) in [5.74, 6) is 0.0632. The Balaban J connectivity index is 0.989. The summed E-state index contributed by atoms with van der Waals surface area (Å²) in [6.45, 7) is 6.74. The Labute approximate surface area is 272 Å². The molecule has 13 heteroatoms. The lowest BCUT2D eigenvalue weighted by Crippen LogP contribution is -2.59. The molecular weight excluding hydrogens is 640 g/mol. The van der Waals surface area contributed by atoms with Crippen molar-refractivity contribution >= 4 is 39.3 Å². The molecule has 4 aliphatic heterocycles. The first-order valence-electron chi connectivity index (χ1n) is 16.0. The summed E-state index contributed by atoms with van der Waals surface area (Å²) >= 11 is 3.42. The van der Waals surface area contributed by atoms with Gasteiger partial charge in [-0.05, 0) is 72.3 Å². The minimum Gasteiger partial charge on any atom is -0.379 e. The Morgan fingerprint density at radius 1 is 0.933 bits per heavy atom. The lowest BCUT2D eigenvalue weighted by atomic mass is 9.87. The van der Waals surface area contributed by atoms with E-state index in [9.17, 15) is 19.2 Å². The van der Waals surface area contributed by atoms with Gasteiger partial charge in [-0.15, -0.1) is 0 Å². The van der Waals surface area contributed by atoms with E-state index in [2.05, 4.69) is 65.5 Å². The van der Waals surface area contributed by atoms with Crippen molar-refractivity contribution in [2.45, 2.75) is 56.1 Å². The van der Waals surface area contributed by atoms with E-state index in [-0.39, 0.29) is 35.4 Å². The summed E-state index contributed by atoms with van der Waals surface area (Å²) in [6, 6.07) is 8.53. The van der Waals surface area contributed by atoms with Gasteiger partial charge in [0.15, 0.2) is 0 Å². The Kier molecular flexibility index (Phi) is 9.69. The van der Waals surface area contributed by atoms with Crippen LogP contribution in [0.5, 0.6) is 0 Å². The van der Waals surface area contributed by atoms with E-state index in [1.165, 1.54) is 10.2 Å². The molecule has 0 radical (unpaired) electrons. The number of imide groups is 1. The van der Waals surface area contributed by atoms with Gasteiger partial charge in [0.05, 0.1) is 17.9 Å². The monoisotopic (exact) mass is 682 g/mol. The van der Waals surface area contributed by atoms with Gasteiger partial charge >= 0.3 is 0 Å². The third-order valence-electron chi connectivity index (χ3n) is 9.97. The predicted octanol–water partition coefficient (Wildman–Crippen LogP) is 1.47. The SMILES string of the molecule is CN1C[C@H](Nc2cnn(C)c(=O)c2Br)C[C@H](c2ccc(C(=O)N3CCC(N4CCN(C5CCC(=O)NC5=O)CC4)CC3)cc2)C1. The number of aromatic nitrogens is 2. The molecule has 3 atom stereocenters. The second-order valence-electron chi connectivity index (χ2n) is 13.0. The average Bonchev–Trinajstić information content (AvgIpc) is 3.05. The summed E-state index contributed by atoms with van der Waals surface area (Å²) in [5.41, 5.74) is 2.47. The number of carbonyl (C=O) groups is 3. The van der Waals surface area contributed by atoms with Crippen LogP contribution in [0.25, 0.3) is 0 Å². The number of piperazine rings is 1. The zero-order valence-corrected chi connectivity index (χ0v) is 27.7. The van der Waals surface area contributed by atoms with Crippen LogP contribution in [0.2, 0.25) is 0 Å². The molecule has 2 N–H and O–H groups in total. The van der Waals surface area contributed by atoms with Gasteiger partial charge in [-0.25, -0.2) is 4.68 Å². The quantitative estimate of drug-likeness (QED) is 0.436. The highest BCUT2D eigenvalue weighted by molar-refractivity contribution is 9.10. The smallest absolute Gasteiger partial charge is 0.282 e. The molecule has 2 aromatic rings. The number of aryl methyl sites for hydroxylation is 1. The van der Waals surface area contributed by atoms with Gasteiger partial charge in [-0.2, -0.15) is 5.10 Å². The van der Waals surface area contributed by atoms with Gasteiger partial charge in [0.25, 0.3) is 11.5 Å². The summed E-state index contributed by atoms with van der Waals surface area (Å²) < 4.78 is 1.80. The Morgan fingerprint density at radius 3 is 2.31 bits per heavy atom. The maximum Gasteiger partial charge on any atom is 0.282 e. The van der Waals surface area contributed by atoms with Crippen LogP contribution in [-0.4, -0.2) is 125 Å². The van der Waals surface area contributed by atoms with Crippen LogP contribution >= 0.6 is 15.9 Å². The van der Waals surface area contributed by atoms with Crippen LogP contribution in [0.1, 0.15) is 53.9 Å². The van der Waals surface area contributed by atoms with Crippen molar-refractivity contribution in [2.24, 2.45) is 7.05 Å². The normalized spacial score (nSPS) is 26.1. The molecule has 0 bridgehead atoms. The molecule has 242 valence electrons. The van der Waals surface area contributed by atoms with Gasteiger partial charge in [0, 0.05) is 83.5 Å². The van der Waals surface area contributed by atoms with Crippen LogP contribution in [0.4, 0.5) is 5.69 Å². The third-order valence-corrected chi connectivity index (χ3v) is 10.7. The number of anilines is 1. The van der Waals surface area contributed by atoms with Crippen molar-refractivity contribution in [3.63, 3.8) is 0 Å². The molecule has 0 aliphatic carbocycles. The predicted molar refractivity (Wildman–Crippen MR) is 174 cm³/mol. The molecule has 12 nitrogen and oxygen atoms in total. The third kappa shape index (κ3) is 7.16. The number of hydrogen-bond donors (Lipinski definition) is 2. The molecule has 1 unspecified atom stereocenters. The lowest BCUT2D eigenvalue weighted by Gasteiger charge is -2.44. The minimum absolute atomic E-state index is 0.0889. The van der Waals surface area contributed by atoms with Gasteiger partial charge < -0.3 is 15.1 Å². The zero-order chi connectivity index (χ0) is 31.7. The van der Waals surface area contributed by atoms with E-state index < -0.39 is 0 Å². The molecule has 0 saturated carbocycles. The number of likely N-dealkylation sites (tertiary alicyclic amines) is 2. The number of amides is 3. The molecule has 3 amide bonds. The minimum atomic E-state index is -0.195. The molecule has 5 heterocycles. The van der Waals surface area contributed by atoms with Crippen LogP contribution in [-0.2, 0) is 16.6 Å². The number of piperidine rings is 3. The maximum atomic E-state index is 13.4. The van der Waals surface area contributed by atoms with E-state index in [0.717, 1.165) is 77.2 Å². The van der Waals surface area contributed by atoms with Gasteiger partial charge in [0.1, 0.15) is 4.47 Å². The first kappa shape index (κ1) is 31.8. The van der Waals surface area contributed by atoms with Crippen LogP contribution in [0.3, 0.4) is 0 Å². The highest BCUT2D eigenvalue weighted by Gasteiger charge is 2.36. The first-order valence-corrected chi connectivity index (χ1v) is 16.8. The van der Waals surface area contributed by atoms with Crippen LogP contribution < -0.4 is 16.2 Å². The van der Waals surface area contributed by atoms with Crippen molar-refractivity contribution in [2.75, 3.05) is 64.7 Å². The van der Waals surface area contributed by atoms with Gasteiger partial charge in [-0.1, -0.05) is 12.1 Å². The summed E-state index contributed by atoms with van der Waals surface area (Å²) in [5, 5.41) is 10.1. The van der Waals surface area contributed by atoms with E-state index in [1.54, 1.807) is 13.2 Å². The molecule has 0 spiro atoms. The number of nitrogens with zero attached hydrogens (tertiary/aromatic N) is 6. The van der Waals surface area contributed by atoms with E-state index in [4.69, 9.17) is 0 Å². The van der Waals surface area contributed by atoms with Gasteiger partial charge in [0.2, 0.25) is 11.8 Å². The maximum absolute atomic E-state index is 13.4. The number of nitrogens with one attached hydrogen (secondary N) is 2. The van der Waals surface area contributed by atoms with Crippen molar-refractivity contribution < 1.29 is 14.4 Å². The Morgan fingerprint density at radius 2 is 1.62 bits per heavy atom. The Hall–Kier alpha value is -3.13. The summed E-state index contributed by atoms with van der Waals surface area (Å²) in [4.78, 5) is 58.5. The van der Waals surface area contributed by atoms with Crippen molar-refractivity contribution in [1.29, 1.82) is 0 Å². The number of rotatable bonds is 6. The zero-order valence-electron chi connectivity index (χ0n) is 26.1. The standard InChI is InChI=1S/C32H43BrN8O4/c1-37-19-23(17-24(20-37)35-26-18-34-38(2)32(45)29(26)33)21-3-5-22(6-4-21)31(44)41-11-9-25(10-12-41)39-13-15-40(16-14-39)27-7-8-28(42)36-30(27)43/h3-6,18,23-25,27,35H,7-17,19-20H2,1-2H3,(H,36,42,43)/t23-,24+,27?/m0/s1. The molecule has 1 aromatic heterocycles. The molecule has 4 aliphatic rings. The average molecular weight is 684 g/mol. The number of likely N-dealkylation sites (N-methyl/N-ethyl adjacent to an activating group) is 1. The fourth-order valence-electron chi connectivity index (χ4n) is 7.46. The summed E-state index contributed by atoms with van der Waals surface area (Å²) in [6.07, 6.45) is 5.51. The molecule has 6 rings (SSSR count). The lowest BCUT2D eigenvalue weighted by molar-refractivity contribution is -0.138. The molecule has 1 aromatic carbocycles. The number of benzene rings is 1. The van der Waals surface area contributed by atoms with Crippen LogP contribution in [0.15, 0.2) is 39.7 Å². The highest BCUT2D eigenvalue weighted by Crippen LogP contribution is 2.30. The highest BCUT2D eigenvalue weighted by atomic mass is 79.9. The van der Waals surface area contributed by atoms with Crippen molar-refractivity contribution in [3.05, 3.63) is 56.4 Å². The van der Waals surface area contributed by atoms with E-state index in [0.29, 0.717) is 35.0 Å². The van der Waals surface area contributed by atoms with Crippen LogP contribution in [0, 0.1) is 0 Å². The number of carbonyl (C=O) groups excluding carboxylic acids is 3. The number of halogens is 1. The number of hydrogen-bond acceptors (Lipinski definition) is 9. The largest absolute Gasteiger partial charge is 0.379 e. The second kappa shape index (κ2) is 13.7. The van der Waals surface area contributed by atoms with E-state index >= 15 is 0 Å². The summed E-state index contributed by atoms with van der Waals surface area (Å²) in [7, 11) is 3.74. The first-order chi connectivity index (χ1) is 21.7. The molecule has 4 fully saturated rings. The van der Waals surface area contributed by atoms with Gasteiger partial charge in [-0.3, -0.25) is 34.3 Å². The fraction of sp³-hybridized carbons (Fsp3) is 0.594. The van der Waals surface area contributed by atoms with Crippen molar-refractivity contribution in [1.82, 2.24) is 34.7 Å². The van der Waals surface area contributed by atoms with E-state index in [1.807, 2.05) is 17.0 Å². The second-order valence-corrected chi connectivity index (χ2v) is 13.8.